The van der Waals surface area contributed by atoms with Crippen molar-refractivity contribution in [3.63, 3.8) is 0 Å². The topological polar surface area (TPSA) is 120 Å². The number of nitrogens with one attached hydrogen (secondary N) is 2. The van der Waals surface area contributed by atoms with E-state index in [1.165, 1.54) is 37.7 Å². The summed E-state index contributed by atoms with van der Waals surface area (Å²) in [7, 11) is 3.26. The molecular formula is C24H22F3N7O3. The number of hydrogen-bond acceptors (Lipinski definition) is 8. The third-order valence-electron chi connectivity index (χ3n) is 6.10. The molecule has 192 valence electrons. The number of anilines is 3. The molecule has 4 aromatic rings. The van der Waals surface area contributed by atoms with Crippen LogP contribution in [0.2, 0.25) is 0 Å². The molecule has 1 aliphatic rings. The first-order valence-corrected chi connectivity index (χ1v) is 11.3. The number of methoxy groups -OCH3 is 1. The van der Waals surface area contributed by atoms with Gasteiger partial charge in [-0.1, -0.05) is 17.3 Å². The largest absolute Gasteiger partial charge is 0.478 e. The molecule has 0 unspecified atom stereocenters. The van der Waals surface area contributed by atoms with Gasteiger partial charge in [0, 0.05) is 31.1 Å². The van der Waals surface area contributed by atoms with Crippen LogP contribution in [0.25, 0.3) is 11.1 Å². The maximum atomic E-state index is 14.8. The van der Waals surface area contributed by atoms with Crippen LogP contribution < -0.4 is 15.4 Å². The summed E-state index contributed by atoms with van der Waals surface area (Å²) in [5.74, 6) is -0.403. The van der Waals surface area contributed by atoms with Crippen LogP contribution in [0.3, 0.4) is 0 Å². The van der Waals surface area contributed by atoms with Gasteiger partial charge in [0.25, 0.3) is 12.3 Å². The first-order valence-electron chi connectivity index (χ1n) is 11.3. The van der Waals surface area contributed by atoms with Gasteiger partial charge < -0.3 is 19.9 Å². The molecule has 3 aromatic heterocycles. The van der Waals surface area contributed by atoms with E-state index in [1.54, 1.807) is 24.0 Å². The van der Waals surface area contributed by atoms with Crippen LogP contribution in [-0.2, 0) is 23.7 Å². The first kappa shape index (κ1) is 24.3. The molecule has 1 aromatic carbocycles. The molecule has 10 nitrogen and oxygen atoms in total. The minimum Gasteiger partial charge on any atom is -0.478 e. The summed E-state index contributed by atoms with van der Waals surface area (Å²) < 4.78 is 53.0. The van der Waals surface area contributed by atoms with E-state index in [9.17, 15) is 18.0 Å². The molecule has 0 spiro atoms. The minimum absolute atomic E-state index is 0.0127. The van der Waals surface area contributed by atoms with E-state index >= 15 is 0 Å². The lowest BCUT2D eigenvalue weighted by molar-refractivity contribution is -0.115. The number of hydrogen-bond donors (Lipinski definition) is 2. The Morgan fingerprint density at radius 2 is 1.97 bits per heavy atom. The Labute approximate surface area is 208 Å². The van der Waals surface area contributed by atoms with Gasteiger partial charge >= 0.3 is 0 Å². The average molecular weight is 513 g/mol. The van der Waals surface area contributed by atoms with E-state index in [0.717, 1.165) is 0 Å². The van der Waals surface area contributed by atoms with Crippen molar-refractivity contribution in [3.8, 4) is 17.0 Å². The molecule has 0 saturated heterocycles. The molecule has 3 heterocycles. The molecule has 0 bridgehead atoms. The summed E-state index contributed by atoms with van der Waals surface area (Å²) in [6.07, 6.45) is 2.54. The van der Waals surface area contributed by atoms with Crippen molar-refractivity contribution in [2.24, 2.45) is 7.05 Å². The number of benzene rings is 1. The fraction of sp³-hybridized carbons (Fsp3) is 0.292. The summed E-state index contributed by atoms with van der Waals surface area (Å²) in [6, 6.07) is 5.71. The molecule has 1 fully saturated rings. The highest BCUT2D eigenvalue weighted by Crippen LogP contribution is 2.53. The number of carbonyl (C=O) groups excluding carboxylic acids is 1. The van der Waals surface area contributed by atoms with Crippen LogP contribution in [0.1, 0.15) is 24.2 Å². The Kier molecular flexibility index (Phi) is 6.27. The Balaban J connectivity index is 1.22. The molecule has 37 heavy (non-hydrogen) atoms. The summed E-state index contributed by atoms with van der Waals surface area (Å²) in [5.41, 5.74) is 0.520. The zero-order valence-electron chi connectivity index (χ0n) is 19.8. The van der Waals surface area contributed by atoms with Crippen molar-refractivity contribution in [1.29, 1.82) is 0 Å². The van der Waals surface area contributed by atoms with Gasteiger partial charge in [-0.3, -0.25) is 9.48 Å². The van der Waals surface area contributed by atoms with Crippen LogP contribution in [0.4, 0.5) is 30.6 Å². The number of halogens is 3. The van der Waals surface area contributed by atoms with Gasteiger partial charge in [-0.15, -0.1) is 5.10 Å². The van der Waals surface area contributed by atoms with Crippen molar-refractivity contribution in [1.82, 2.24) is 24.9 Å². The van der Waals surface area contributed by atoms with Crippen LogP contribution in [0, 0.1) is 5.82 Å². The van der Waals surface area contributed by atoms with Crippen molar-refractivity contribution >= 4 is 23.4 Å². The predicted molar refractivity (Wildman–Crippen MR) is 126 cm³/mol. The highest BCUT2D eigenvalue weighted by atomic mass is 19.3. The van der Waals surface area contributed by atoms with Crippen LogP contribution in [0.5, 0.6) is 5.88 Å². The number of amides is 1. The second-order valence-electron chi connectivity index (χ2n) is 8.71. The van der Waals surface area contributed by atoms with Gasteiger partial charge in [0.05, 0.1) is 25.1 Å². The maximum absolute atomic E-state index is 14.8. The lowest BCUT2D eigenvalue weighted by Gasteiger charge is -2.08. The molecule has 1 saturated carbocycles. The third kappa shape index (κ3) is 4.97. The molecule has 1 aliphatic carbocycles. The van der Waals surface area contributed by atoms with E-state index < -0.39 is 23.6 Å². The summed E-state index contributed by atoms with van der Waals surface area (Å²) in [4.78, 5) is 20.9. The fourth-order valence-electron chi connectivity index (χ4n) is 3.87. The van der Waals surface area contributed by atoms with E-state index in [0.29, 0.717) is 41.5 Å². The zero-order chi connectivity index (χ0) is 26.2. The summed E-state index contributed by atoms with van der Waals surface area (Å²) >= 11 is 0. The Morgan fingerprint density at radius 3 is 2.62 bits per heavy atom. The normalized spacial score (nSPS) is 14.0. The maximum Gasteiger partial charge on any atom is 0.256 e. The monoisotopic (exact) mass is 513 g/mol. The van der Waals surface area contributed by atoms with Crippen molar-refractivity contribution in [3.05, 3.63) is 60.0 Å². The molecular weight excluding hydrogens is 491 g/mol. The van der Waals surface area contributed by atoms with Gasteiger partial charge in [0.2, 0.25) is 11.9 Å². The number of nitrogens with zero attached hydrogens (tertiary/aromatic N) is 5. The number of aryl methyl sites for hydroxylation is 1. The summed E-state index contributed by atoms with van der Waals surface area (Å²) in [6.45, 7) is 0. The highest BCUT2D eigenvalue weighted by Gasteiger charge is 2.55. The molecule has 0 atom stereocenters. The highest BCUT2D eigenvalue weighted by molar-refractivity contribution is 5.91. The van der Waals surface area contributed by atoms with Gasteiger partial charge in [-0.05, 0) is 30.0 Å². The quantitative estimate of drug-likeness (QED) is 0.341. The average Bonchev–Trinajstić information content (AvgIpc) is 3.44. The van der Waals surface area contributed by atoms with E-state index in [1.807, 2.05) is 0 Å². The summed E-state index contributed by atoms with van der Waals surface area (Å²) in [5, 5.41) is 13.3. The van der Waals surface area contributed by atoms with Crippen LogP contribution in [0.15, 0.2) is 47.4 Å². The Bertz CT molecular complexity index is 1430. The van der Waals surface area contributed by atoms with Crippen LogP contribution >= 0.6 is 0 Å². The van der Waals surface area contributed by atoms with Gasteiger partial charge in [0.1, 0.15) is 11.5 Å². The number of ether oxygens (including phenoxy) is 1. The molecule has 13 heteroatoms. The van der Waals surface area contributed by atoms with E-state index in [2.05, 4.69) is 30.9 Å². The van der Waals surface area contributed by atoms with Crippen molar-refractivity contribution < 1.29 is 27.2 Å². The van der Waals surface area contributed by atoms with Crippen LogP contribution in [-0.4, -0.2) is 44.3 Å². The first-order chi connectivity index (χ1) is 17.8. The Hall–Kier alpha value is -4.42. The third-order valence-corrected chi connectivity index (χ3v) is 6.10. The molecule has 5 rings (SSSR count). The molecule has 2 N–H and O–H groups in total. The van der Waals surface area contributed by atoms with Gasteiger partial charge in [-0.25, -0.2) is 23.1 Å². The molecule has 0 aliphatic heterocycles. The Morgan fingerprint density at radius 1 is 1.22 bits per heavy atom. The molecule has 0 radical (unpaired) electrons. The predicted octanol–water partition coefficient (Wildman–Crippen LogP) is 4.23. The second-order valence-corrected chi connectivity index (χ2v) is 8.71. The van der Waals surface area contributed by atoms with E-state index in [-0.39, 0.29) is 23.6 Å². The smallest absolute Gasteiger partial charge is 0.256 e. The number of aromatic nitrogens is 5. The van der Waals surface area contributed by atoms with Crippen molar-refractivity contribution in [2.75, 3.05) is 17.7 Å². The number of rotatable bonds is 9. The van der Waals surface area contributed by atoms with E-state index in [4.69, 9.17) is 9.26 Å². The van der Waals surface area contributed by atoms with Gasteiger partial charge in [0.15, 0.2) is 11.6 Å². The second kappa shape index (κ2) is 9.56. The van der Waals surface area contributed by atoms with Crippen molar-refractivity contribution in [2.45, 2.75) is 31.1 Å². The van der Waals surface area contributed by atoms with Gasteiger partial charge in [-0.2, -0.15) is 0 Å². The number of carbonyl (C=O) groups is 1. The lowest BCUT2D eigenvalue weighted by atomic mass is 10.0. The minimum atomic E-state index is -2.57. The fourth-order valence-corrected chi connectivity index (χ4v) is 3.87. The lowest BCUT2D eigenvalue weighted by Crippen LogP contribution is -2.17. The molecule has 1 amide bonds. The number of alkyl halides is 2. The standard InChI is InChI=1S/C24H22F3N7O3/c1-34-12-17(21(32-34)36-2)30-23-28-10-15(11-29-23)13-3-4-14(16(25)7-13)8-20(35)31-19-9-18(37-33-19)24(5-6-24)22(26)27/h3-4,7,9-12,22H,5-6,8H2,1-2H3,(H,28,29,30)(H,31,33,35). The SMILES string of the molecule is COc1nn(C)cc1Nc1ncc(-c2ccc(CC(=O)Nc3cc(C4(C(F)F)CC4)on3)c(F)c2)cn1. The zero-order valence-corrected chi connectivity index (χ0v) is 19.8.